The second-order valence-electron chi connectivity index (χ2n) is 8.01. The summed E-state index contributed by atoms with van der Waals surface area (Å²) in [6, 6.07) is 23.9. The molecule has 0 spiro atoms. The molecular formula is C26H23N5O. The van der Waals surface area contributed by atoms with Crippen LogP contribution >= 0.6 is 0 Å². The first-order valence-electron chi connectivity index (χ1n) is 10.6. The van der Waals surface area contributed by atoms with E-state index in [1.807, 2.05) is 42.5 Å². The minimum atomic E-state index is 0.212. The van der Waals surface area contributed by atoms with Crippen LogP contribution in [0.3, 0.4) is 0 Å². The van der Waals surface area contributed by atoms with Crippen molar-refractivity contribution in [1.82, 2.24) is 9.97 Å². The number of fused-ring (bicyclic) bond motifs is 1. The number of methoxy groups -OCH3 is 1. The highest BCUT2D eigenvalue weighted by Crippen LogP contribution is 2.33. The van der Waals surface area contributed by atoms with Crippen molar-refractivity contribution in [2.75, 3.05) is 25.1 Å². The van der Waals surface area contributed by atoms with Gasteiger partial charge in [-0.15, -0.1) is 0 Å². The summed E-state index contributed by atoms with van der Waals surface area (Å²) in [6.07, 6.45) is 0.997. The van der Waals surface area contributed by atoms with Crippen LogP contribution in [0.1, 0.15) is 12.0 Å². The van der Waals surface area contributed by atoms with Gasteiger partial charge in [0.05, 0.1) is 41.2 Å². The lowest BCUT2D eigenvalue weighted by Crippen LogP contribution is -2.26. The van der Waals surface area contributed by atoms with Gasteiger partial charge in [-0.05, 0) is 61.0 Å². The fraction of sp³-hybridized carbons (Fsp3) is 0.192. The average molecular weight is 422 g/mol. The molecule has 2 N–H and O–H groups in total. The first-order chi connectivity index (χ1) is 15.6. The van der Waals surface area contributed by atoms with Crippen molar-refractivity contribution in [3.05, 3.63) is 72.3 Å². The van der Waals surface area contributed by atoms with Crippen molar-refractivity contribution in [3.63, 3.8) is 0 Å². The molecule has 0 aliphatic carbocycles. The Morgan fingerprint density at radius 2 is 1.59 bits per heavy atom. The lowest BCUT2D eigenvalue weighted by atomic mass is 10.0. The average Bonchev–Trinajstić information content (AvgIpc) is 3.29. The van der Waals surface area contributed by atoms with Gasteiger partial charge >= 0.3 is 0 Å². The number of nitrogens with zero attached hydrogens (tertiary/aromatic N) is 4. The smallest absolute Gasteiger partial charge is 0.118 e. The molecule has 4 aromatic rings. The van der Waals surface area contributed by atoms with Gasteiger partial charge in [-0.25, -0.2) is 9.97 Å². The minimum absolute atomic E-state index is 0.212. The Kier molecular flexibility index (Phi) is 5.18. The Hall–Kier alpha value is -3.95. The van der Waals surface area contributed by atoms with Crippen LogP contribution in [0.2, 0.25) is 0 Å². The molecule has 0 saturated carbocycles. The van der Waals surface area contributed by atoms with Gasteiger partial charge in [-0.3, -0.25) is 0 Å². The first-order valence-corrected chi connectivity index (χ1v) is 10.6. The summed E-state index contributed by atoms with van der Waals surface area (Å²) in [7, 11) is 1.65. The number of hydrogen-bond donors (Lipinski definition) is 1. The van der Waals surface area contributed by atoms with Crippen LogP contribution in [-0.4, -0.2) is 36.2 Å². The minimum Gasteiger partial charge on any atom is -0.497 e. The van der Waals surface area contributed by atoms with E-state index in [1.54, 1.807) is 19.2 Å². The van der Waals surface area contributed by atoms with E-state index in [4.69, 9.17) is 20.4 Å². The fourth-order valence-electron chi connectivity index (χ4n) is 4.12. The lowest BCUT2D eigenvalue weighted by molar-refractivity contribution is 0.415. The zero-order valence-corrected chi connectivity index (χ0v) is 17.8. The molecule has 6 nitrogen and oxygen atoms in total. The lowest BCUT2D eigenvalue weighted by Gasteiger charge is -2.19. The molecule has 1 saturated heterocycles. The third-order valence-electron chi connectivity index (χ3n) is 5.89. The van der Waals surface area contributed by atoms with Gasteiger partial charge < -0.3 is 15.4 Å². The van der Waals surface area contributed by atoms with E-state index in [9.17, 15) is 5.26 Å². The fourth-order valence-corrected chi connectivity index (χ4v) is 4.12. The van der Waals surface area contributed by atoms with Crippen molar-refractivity contribution in [2.24, 2.45) is 5.73 Å². The van der Waals surface area contributed by atoms with Gasteiger partial charge in [0.2, 0.25) is 0 Å². The summed E-state index contributed by atoms with van der Waals surface area (Å²) in [5.74, 6) is 0.788. The van der Waals surface area contributed by atoms with Crippen molar-refractivity contribution < 1.29 is 4.74 Å². The predicted octanol–water partition coefficient (Wildman–Crippen LogP) is 4.38. The zero-order valence-electron chi connectivity index (χ0n) is 17.8. The summed E-state index contributed by atoms with van der Waals surface area (Å²) in [4.78, 5) is 12.3. The number of anilines is 1. The van der Waals surface area contributed by atoms with Crippen molar-refractivity contribution >= 4 is 16.7 Å². The van der Waals surface area contributed by atoms with Gasteiger partial charge in [-0.1, -0.05) is 12.1 Å². The molecule has 0 unspecified atom stereocenters. The van der Waals surface area contributed by atoms with Gasteiger partial charge in [0.1, 0.15) is 5.75 Å². The standard InChI is InChI=1S/C26H23N5O/c1-32-22-9-6-19(7-10-22)25-26(18-4-2-17(15-27)3-5-18)30-24-14-21(8-11-23(24)29-25)31-13-12-20(28)16-31/h2-11,14,20H,12-13,16,28H2,1H3/t20-/m0/s1. The highest BCUT2D eigenvalue weighted by molar-refractivity contribution is 5.88. The SMILES string of the molecule is COc1ccc(-c2nc3ccc(N4CC[C@H](N)C4)cc3nc2-c2ccc(C#N)cc2)cc1. The molecule has 5 rings (SSSR count). The van der Waals surface area contributed by atoms with Gasteiger partial charge in [0.25, 0.3) is 0 Å². The van der Waals surface area contributed by atoms with Crippen LogP contribution in [0, 0.1) is 11.3 Å². The highest BCUT2D eigenvalue weighted by Gasteiger charge is 2.20. The molecule has 6 heteroatoms. The first kappa shape index (κ1) is 20.0. The van der Waals surface area contributed by atoms with E-state index in [2.05, 4.69) is 23.1 Å². The van der Waals surface area contributed by atoms with E-state index in [0.717, 1.165) is 64.5 Å². The number of nitriles is 1. The normalized spacial score (nSPS) is 15.7. The summed E-state index contributed by atoms with van der Waals surface area (Å²) in [5.41, 5.74) is 12.9. The Bertz CT molecular complexity index is 1310. The molecule has 1 aliphatic rings. The molecule has 1 atom stereocenters. The number of hydrogen-bond acceptors (Lipinski definition) is 6. The van der Waals surface area contributed by atoms with Crippen LogP contribution in [0.25, 0.3) is 33.5 Å². The molecule has 0 bridgehead atoms. The van der Waals surface area contributed by atoms with Crippen molar-refractivity contribution in [1.29, 1.82) is 5.26 Å². The molecule has 3 aromatic carbocycles. The van der Waals surface area contributed by atoms with E-state index in [1.165, 1.54) is 0 Å². The van der Waals surface area contributed by atoms with Crippen LogP contribution in [-0.2, 0) is 0 Å². The van der Waals surface area contributed by atoms with Crippen molar-refractivity contribution in [3.8, 4) is 34.3 Å². The van der Waals surface area contributed by atoms with Crippen LogP contribution in [0.4, 0.5) is 5.69 Å². The van der Waals surface area contributed by atoms with E-state index >= 15 is 0 Å². The number of benzene rings is 3. The predicted molar refractivity (Wildman–Crippen MR) is 126 cm³/mol. The highest BCUT2D eigenvalue weighted by atomic mass is 16.5. The van der Waals surface area contributed by atoms with Crippen LogP contribution in [0.5, 0.6) is 5.75 Å². The van der Waals surface area contributed by atoms with Crippen molar-refractivity contribution in [2.45, 2.75) is 12.5 Å². The molecule has 32 heavy (non-hydrogen) atoms. The molecule has 1 aromatic heterocycles. The Morgan fingerprint density at radius 1 is 0.938 bits per heavy atom. The van der Waals surface area contributed by atoms with E-state index in [-0.39, 0.29) is 6.04 Å². The quantitative estimate of drug-likeness (QED) is 0.526. The molecule has 1 fully saturated rings. The third kappa shape index (κ3) is 3.75. The maximum Gasteiger partial charge on any atom is 0.118 e. The maximum atomic E-state index is 9.17. The molecule has 0 amide bonds. The zero-order chi connectivity index (χ0) is 22.1. The van der Waals surface area contributed by atoms with E-state index in [0.29, 0.717) is 5.56 Å². The molecular weight excluding hydrogens is 398 g/mol. The van der Waals surface area contributed by atoms with Gasteiger partial charge in [-0.2, -0.15) is 5.26 Å². The second-order valence-corrected chi connectivity index (χ2v) is 8.01. The Morgan fingerprint density at radius 3 is 2.19 bits per heavy atom. The third-order valence-corrected chi connectivity index (χ3v) is 5.89. The largest absolute Gasteiger partial charge is 0.497 e. The monoisotopic (exact) mass is 421 g/mol. The van der Waals surface area contributed by atoms with Gasteiger partial charge in [0, 0.05) is 35.9 Å². The number of rotatable bonds is 4. The van der Waals surface area contributed by atoms with Crippen LogP contribution < -0.4 is 15.4 Å². The number of nitrogens with two attached hydrogens (primary N) is 1. The summed E-state index contributed by atoms with van der Waals surface area (Å²) < 4.78 is 5.30. The second kappa shape index (κ2) is 8.29. The summed E-state index contributed by atoms with van der Waals surface area (Å²) in [6.45, 7) is 1.80. The number of ether oxygens (including phenoxy) is 1. The summed E-state index contributed by atoms with van der Waals surface area (Å²) in [5, 5.41) is 9.17. The van der Waals surface area contributed by atoms with Crippen LogP contribution in [0.15, 0.2) is 66.7 Å². The molecule has 2 heterocycles. The maximum absolute atomic E-state index is 9.17. The molecule has 158 valence electrons. The summed E-state index contributed by atoms with van der Waals surface area (Å²) >= 11 is 0. The Balaban J connectivity index is 1.66. The topological polar surface area (TPSA) is 88.1 Å². The Labute approximate surface area is 186 Å². The van der Waals surface area contributed by atoms with Gasteiger partial charge in [0.15, 0.2) is 0 Å². The molecule has 1 aliphatic heterocycles. The van der Waals surface area contributed by atoms with E-state index < -0.39 is 0 Å². The molecule has 0 radical (unpaired) electrons. The number of aromatic nitrogens is 2.